The highest BCUT2D eigenvalue weighted by Gasteiger charge is 2.23. The van der Waals surface area contributed by atoms with Crippen LogP contribution in [-0.2, 0) is 14.8 Å². The molecule has 6 nitrogen and oxygen atoms in total. The number of halogens is 2. The largest absolute Gasteiger partial charge is 0.377 e. The van der Waals surface area contributed by atoms with E-state index in [0.717, 1.165) is 12.8 Å². The number of anilines is 1. The van der Waals surface area contributed by atoms with Crippen LogP contribution in [-0.4, -0.2) is 33.6 Å². The van der Waals surface area contributed by atoms with Gasteiger partial charge in [0, 0.05) is 24.4 Å². The van der Waals surface area contributed by atoms with Crippen molar-refractivity contribution >= 4 is 33.2 Å². The first kappa shape index (κ1) is 20.7. The zero-order chi connectivity index (χ0) is 20.3. The second kappa shape index (κ2) is 8.57. The molecule has 1 aliphatic rings. The summed E-state index contributed by atoms with van der Waals surface area (Å²) in [6.07, 6.45) is 1.52. The first-order valence-corrected chi connectivity index (χ1v) is 10.6. The first-order chi connectivity index (χ1) is 13.3. The van der Waals surface area contributed by atoms with Gasteiger partial charge in [0.05, 0.1) is 11.1 Å². The molecule has 0 radical (unpaired) electrons. The van der Waals surface area contributed by atoms with E-state index in [9.17, 15) is 17.6 Å². The fourth-order valence-electron chi connectivity index (χ4n) is 2.90. The van der Waals surface area contributed by atoms with Gasteiger partial charge in [-0.15, -0.1) is 0 Å². The van der Waals surface area contributed by atoms with Gasteiger partial charge in [0.2, 0.25) is 10.0 Å². The molecule has 28 heavy (non-hydrogen) atoms. The Balaban J connectivity index is 1.78. The fourth-order valence-corrected chi connectivity index (χ4v) is 4.49. The molecule has 1 aliphatic heterocycles. The number of hydrogen-bond acceptors (Lipinski definition) is 4. The SMILES string of the molecule is Cc1cc(F)ccc1NC(=O)c1ccc(Cl)c(S(=O)(=O)NCC2CCCO2)c1. The van der Waals surface area contributed by atoms with Crippen LogP contribution >= 0.6 is 11.6 Å². The summed E-state index contributed by atoms with van der Waals surface area (Å²) < 4.78 is 46.3. The van der Waals surface area contributed by atoms with Crippen LogP contribution in [0.1, 0.15) is 28.8 Å². The molecule has 1 unspecified atom stereocenters. The lowest BCUT2D eigenvalue weighted by Gasteiger charge is -2.13. The van der Waals surface area contributed by atoms with Gasteiger partial charge in [0.15, 0.2) is 0 Å². The molecule has 3 rings (SSSR count). The molecule has 1 fully saturated rings. The minimum atomic E-state index is -3.91. The maximum Gasteiger partial charge on any atom is 0.255 e. The number of benzene rings is 2. The molecule has 0 aliphatic carbocycles. The quantitative estimate of drug-likeness (QED) is 0.740. The van der Waals surface area contributed by atoms with Crippen LogP contribution in [0.3, 0.4) is 0 Å². The lowest BCUT2D eigenvalue weighted by atomic mass is 10.1. The van der Waals surface area contributed by atoms with Crippen LogP contribution in [0.15, 0.2) is 41.3 Å². The smallest absolute Gasteiger partial charge is 0.255 e. The number of sulfonamides is 1. The minimum Gasteiger partial charge on any atom is -0.377 e. The summed E-state index contributed by atoms with van der Waals surface area (Å²) >= 11 is 6.06. The Morgan fingerprint density at radius 3 is 2.75 bits per heavy atom. The Morgan fingerprint density at radius 2 is 2.07 bits per heavy atom. The number of aryl methyl sites for hydroxylation is 1. The average Bonchev–Trinajstić information content (AvgIpc) is 3.16. The van der Waals surface area contributed by atoms with Crippen molar-refractivity contribution in [3.05, 3.63) is 58.4 Å². The highest BCUT2D eigenvalue weighted by Crippen LogP contribution is 2.24. The molecule has 2 aromatic carbocycles. The van der Waals surface area contributed by atoms with Crippen molar-refractivity contribution in [1.29, 1.82) is 0 Å². The van der Waals surface area contributed by atoms with Crippen molar-refractivity contribution in [2.45, 2.75) is 30.8 Å². The van der Waals surface area contributed by atoms with E-state index in [0.29, 0.717) is 17.9 Å². The molecule has 2 N–H and O–H groups in total. The number of carbonyl (C=O) groups is 1. The highest BCUT2D eigenvalue weighted by atomic mass is 35.5. The summed E-state index contributed by atoms with van der Waals surface area (Å²) in [6, 6.07) is 7.97. The Bertz CT molecular complexity index is 991. The molecule has 1 heterocycles. The van der Waals surface area contributed by atoms with Crippen LogP contribution < -0.4 is 10.0 Å². The van der Waals surface area contributed by atoms with E-state index in [-0.39, 0.29) is 28.1 Å². The zero-order valence-electron chi connectivity index (χ0n) is 15.2. The van der Waals surface area contributed by atoms with Crippen LogP contribution in [0.5, 0.6) is 0 Å². The zero-order valence-corrected chi connectivity index (χ0v) is 16.7. The van der Waals surface area contributed by atoms with Crippen molar-refractivity contribution in [3.8, 4) is 0 Å². The number of nitrogens with one attached hydrogen (secondary N) is 2. The lowest BCUT2D eigenvalue weighted by molar-refractivity contribution is 0.102. The van der Waals surface area contributed by atoms with Gasteiger partial charge in [-0.1, -0.05) is 11.6 Å². The molecule has 0 spiro atoms. The molecule has 1 amide bonds. The summed E-state index contributed by atoms with van der Waals surface area (Å²) in [4.78, 5) is 12.3. The molecule has 150 valence electrons. The molecule has 1 atom stereocenters. The van der Waals surface area contributed by atoms with Crippen LogP contribution in [0.2, 0.25) is 5.02 Å². The Kier molecular flexibility index (Phi) is 6.34. The third-order valence-corrected chi connectivity index (χ3v) is 6.35. The van der Waals surface area contributed by atoms with Gasteiger partial charge >= 0.3 is 0 Å². The molecule has 0 saturated carbocycles. The second-order valence-electron chi connectivity index (χ2n) is 6.55. The van der Waals surface area contributed by atoms with Gasteiger partial charge in [-0.3, -0.25) is 4.79 Å². The van der Waals surface area contributed by atoms with Crippen LogP contribution in [0, 0.1) is 12.7 Å². The topological polar surface area (TPSA) is 84.5 Å². The number of rotatable bonds is 6. The van der Waals surface area contributed by atoms with Crippen molar-refractivity contribution in [3.63, 3.8) is 0 Å². The van der Waals surface area contributed by atoms with E-state index in [1.54, 1.807) is 6.92 Å². The minimum absolute atomic E-state index is 0.00866. The van der Waals surface area contributed by atoms with Gasteiger partial charge in [-0.05, 0) is 61.7 Å². The summed E-state index contributed by atoms with van der Waals surface area (Å²) in [7, 11) is -3.91. The molecular weight excluding hydrogens is 407 g/mol. The maximum absolute atomic E-state index is 13.2. The second-order valence-corrected chi connectivity index (χ2v) is 8.69. The molecule has 0 bridgehead atoms. The molecule has 1 saturated heterocycles. The molecule has 0 aromatic heterocycles. The normalized spacial score (nSPS) is 16.9. The standard InChI is InChI=1S/C19H20ClFN2O4S/c1-12-9-14(21)5-7-17(12)23-19(24)13-4-6-16(20)18(10-13)28(25,26)22-11-15-3-2-8-27-15/h4-7,9-10,15,22H,2-3,8,11H2,1H3,(H,23,24). The van der Waals surface area contributed by atoms with Crippen LogP contribution in [0.4, 0.5) is 10.1 Å². The van der Waals surface area contributed by atoms with Gasteiger partial charge < -0.3 is 10.1 Å². The van der Waals surface area contributed by atoms with E-state index in [4.69, 9.17) is 16.3 Å². The average molecular weight is 427 g/mol. The third-order valence-electron chi connectivity index (χ3n) is 4.44. The van der Waals surface area contributed by atoms with E-state index >= 15 is 0 Å². The van der Waals surface area contributed by atoms with Crippen molar-refractivity contribution in [2.24, 2.45) is 0 Å². The summed E-state index contributed by atoms with van der Waals surface area (Å²) in [6.45, 7) is 2.42. The molecule has 2 aromatic rings. The Morgan fingerprint density at radius 1 is 1.29 bits per heavy atom. The van der Waals surface area contributed by atoms with E-state index in [1.807, 2.05) is 0 Å². The predicted octanol–water partition coefficient (Wildman–Crippen LogP) is 3.50. The predicted molar refractivity (Wildman–Crippen MR) is 105 cm³/mol. The monoisotopic (exact) mass is 426 g/mol. The van der Waals surface area contributed by atoms with Crippen molar-refractivity contribution in [2.75, 3.05) is 18.5 Å². The van der Waals surface area contributed by atoms with Crippen LogP contribution in [0.25, 0.3) is 0 Å². The summed E-state index contributed by atoms with van der Waals surface area (Å²) in [5, 5.41) is 2.65. The summed E-state index contributed by atoms with van der Waals surface area (Å²) in [5.74, 6) is -0.936. The molecule has 9 heteroatoms. The van der Waals surface area contributed by atoms with Gasteiger partial charge in [-0.25, -0.2) is 17.5 Å². The first-order valence-electron chi connectivity index (χ1n) is 8.74. The van der Waals surface area contributed by atoms with E-state index in [2.05, 4.69) is 10.0 Å². The Hall–Kier alpha value is -2.00. The summed E-state index contributed by atoms with van der Waals surface area (Å²) in [5.41, 5.74) is 1.10. The van der Waals surface area contributed by atoms with Crippen molar-refractivity contribution in [1.82, 2.24) is 4.72 Å². The van der Waals surface area contributed by atoms with E-state index in [1.165, 1.54) is 36.4 Å². The fraction of sp³-hybridized carbons (Fsp3) is 0.316. The Labute approximate surface area is 168 Å². The number of ether oxygens (including phenoxy) is 1. The van der Waals surface area contributed by atoms with Gasteiger partial charge in [0.25, 0.3) is 5.91 Å². The molecular formula is C19H20ClFN2O4S. The lowest BCUT2D eigenvalue weighted by Crippen LogP contribution is -2.32. The number of hydrogen-bond donors (Lipinski definition) is 2. The number of carbonyl (C=O) groups excluding carboxylic acids is 1. The van der Waals surface area contributed by atoms with E-state index < -0.39 is 21.7 Å². The number of amides is 1. The third kappa shape index (κ3) is 4.88. The van der Waals surface area contributed by atoms with Gasteiger partial charge in [0.1, 0.15) is 10.7 Å². The maximum atomic E-state index is 13.2. The highest BCUT2D eigenvalue weighted by molar-refractivity contribution is 7.89. The van der Waals surface area contributed by atoms with Gasteiger partial charge in [-0.2, -0.15) is 0 Å². The van der Waals surface area contributed by atoms with Crippen molar-refractivity contribution < 1.29 is 22.3 Å².